The van der Waals surface area contributed by atoms with Gasteiger partial charge in [0.05, 0.1) is 61.8 Å². The number of likely N-dealkylation sites (tertiary alicyclic amines) is 2. The Hall–Kier alpha value is -7.38. The van der Waals surface area contributed by atoms with E-state index in [9.17, 15) is 56.0 Å². The smallest absolute Gasteiger partial charge is 0.322 e. The van der Waals surface area contributed by atoms with Crippen LogP contribution in [0.4, 0.5) is 58.1 Å². The predicted molar refractivity (Wildman–Crippen MR) is 206 cm³/mol. The molecule has 340 valence electrons. The molecule has 0 aromatic carbocycles. The van der Waals surface area contributed by atoms with Crippen LogP contribution in [0.25, 0.3) is 0 Å². The SMILES string of the molecule is CC(F)(F)C(=O)N1CC[C@@](CC#N)(n2cc(C(N)=O)c(Nc3ccc(F)nc3)n2)[C@H](F)C1.CC(F)(F)C(=O)N1CC[C@](CC#N)(n2cc(C(N)=O)c(Nc3ccc(F)nc3)n2)[C@@H](F)C1. The van der Waals surface area contributed by atoms with E-state index in [1.54, 1.807) is 0 Å². The summed E-state index contributed by atoms with van der Waals surface area (Å²) in [6, 6.07) is 8.48. The van der Waals surface area contributed by atoms with Crippen LogP contribution in [-0.4, -0.2) is 113 Å². The lowest BCUT2D eigenvalue weighted by molar-refractivity contribution is -0.159. The third-order valence-electron chi connectivity index (χ3n) is 10.5. The number of nitriles is 2. The molecule has 18 nitrogen and oxygen atoms in total. The van der Waals surface area contributed by atoms with Crippen molar-refractivity contribution < 1.29 is 54.3 Å². The van der Waals surface area contributed by atoms with Crippen LogP contribution in [0.1, 0.15) is 60.2 Å². The summed E-state index contributed by atoms with van der Waals surface area (Å²) in [7, 11) is 0. The number of carbonyl (C=O) groups is 4. The van der Waals surface area contributed by atoms with Crippen molar-refractivity contribution in [1.82, 2.24) is 39.3 Å². The fourth-order valence-corrected chi connectivity index (χ4v) is 7.08. The number of rotatable bonds is 12. The van der Waals surface area contributed by atoms with Crippen LogP contribution < -0.4 is 22.1 Å². The molecule has 0 aliphatic carbocycles. The molecule has 2 saturated heterocycles. The summed E-state index contributed by atoms with van der Waals surface area (Å²) >= 11 is 0. The topological polar surface area (TPSA) is 260 Å². The molecule has 2 fully saturated rings. The molecule has 2 aliphatic heterocycles. The molecule has 26 heteroatoms. The second-order valence-electron chi connectivity index (χ2n) is 15.0. The van der Waals surface area contributed by atoms with E-state index in [-0.39, 0.29) is 60.1 Å². The van der Waals surface area contributed by atoms with Gasteiger partial charge in [0.15, 0.2) is 11.6 Å². The van der Waals surface area contributed by atoms with Gasteiger partial charge in [0, 0.05) is 39.3 Å². The summed E-state index contributed by atoms with van der Waals surface area (Å²) in [4.78, 5) is 55.9. The van der Waals surface area contributed by atoms with Crippen molar-refractivity contribution in [2.45, 2.75) is 74.8 Å². The number of alkyl halides is 6. The van der Waals surface area contributed by atoms with Crippen molar-refractivity contribution in [3.8, 4) is 12.1 Å². The molecular weight excluding hydrogens is 868 g/mol. The zero-order chi connectivity index (χ0) is 47.4. The molecule has 6 N–H and O–H groups in total. The lowest BCUT2D eigenvalue weighted by atomic mass is 9.83. The van der Waals surface area contributed by atoms with Crippen molar-refractivity contribution in [3.63, 3.8) is 0 Å². The Morgan fingerprint density at radius 1 is 0.719 bits per heavy atom. The van der Waals surface area contributed by atoms with E-state index in [0.717, 1.165) is 46.3 Å². The van der Waals surface area contributed by atoms with Crippen LogP contribution in [0.2, 0.25) is 0 Å². The van der Waals surface area contributed by atoms with Crippen molar-refractivity contribution in [2.75, 3.05) is 36.8 Å². The van der Waals surface area contributed by atoms with E-state index < -0.39 is 96.7 Å². The Morgan fingerprint density at radius 2 is 1.08 bits per heavy atom. The highest BCUT2D eigenvalue weighted by Gasteiger charge is 2.51. The maximum Gasteiger partial charge on any atom is 0.322 e. The Balaban J connectivity index is 0.000000241. The molecule has 64 heavy (non-hydrogen) atoms. The summed E-state index contributed by atoms with van der Waals surface area (Å²) in [5.74, 6) is -13.8. The third-order valence-corrected chi connectivity index (χ3v) is 10.5. The first-order valence-corrected chi connectivity index (χ1v) is 18.9. The minimum atomic E-state index is -3.67. The predicted octanol–water partition coefficient (Wildman–Crippen LogP) is 4.19. The molecule has 0 unspecified atom stereocenters. The van der Waals surface area contributed by atoms with Crippen LogP contribution in [0.3, 0.4) is 0 Å². The average molecular weight is 907 g/mol. The van der Waals surface area contributed by atoms with Crippen LogP contribution in [-0.2, 0) is 20.7 Å². The molecule has 6 rings (SSSR count). The lowest BCUT2D eigenvalue weighted by Crippen LogP contribution is -2.58. The second kappa shape index (κ2) is 18.5. The number of amides is 4. The number of piperidine rings is 2. The van der Waals surface area contributed by atoms with Gasteiger partial charge in [-0.1, -0.05) is 0 Å². The molecule has 4 amide bonds. The van der Waals surface area contributed by atoms with Crippen molar-refractivity contribution in [2.24, 2.45) is 11.5 Å². The Bertz CT molecular complexity index is 2290. The first-order chi connectivity index (χ1) is 29.9. The summed E-state index contributed by atoms with van der Waals surface area (Å²) in [6.07, 6.45) is -0.538. The molecule has 2 aliphatic rings. The van der Waals surface area contributed by atoms with E-state index in [1.807, 2.05) is 12.1 Å². The van der Waals surface area contributed by atoms with E-state index in [2.05, 4.69) is 30.8 Å². The Kier molecular flexibility index (Phi) is 13.8. The molecule has 6 heterocycles. The number of nitrogens with one attached hydrogen (secondary N) is 2. The fraction of sp³-hybridized carbons (Fsp3) is 0.421. The average Bonchev–Trinajstić information content (AvgIpc) is 3.86. The first-order valence-electron chi connectivity index (χ1n) is 18.9. The number of nitrogens with two attached hydrogens (primary N) is 2. The van der Waals surface area contributed by atoms with Gasteiger partial charge in [0.2, 0.25) is 11.9 Å². The minimum Gasteiger partial charge on any atom is -0.365 e. The van der Waals surface area contributed by atoms with Gasteiger partial charge in [0.25, 0.3) is 23.6 Å². The van der Waals surface area contributed by atoms with Gasteiger partial charge in [0.1, 0.15) is 34.5 Å². The highest BCUT2D eigenvalue weighted by atomic mass is 19.3. The van der Waals surface area contributed by atoms with Crippen LogP contribution in [0.15, 0.2) is 49.1 Å². The maximum absolute atomic E-state index is 15.3. The number of hydrogen-bond acceptors (Lipinski definition) is 12. The van der Waals surface area contributed by atoms with E-state index in [0.29, 0.717) is 23.6 Å². The Labute approximate surface area is 357 Å². The van der Waals surface area contributed by atoms with Gasteiger partial charge < -0.3 is 31.9 Å². The fourth-order valence-electron chi connectivity index (χ4n) is 7.08. The quantitative estimate of drug-likeness (QED) is 0.115. The summed E-state index contributed by atoms with van der Waals surface area (Å²) in [5, 5.41) is 32.4. The minimum absolute atomic E-state index is 0.0889. The molecule has 0 radical (unpaired) electrons. The van der Waals surface area contributed by atoms with Crippen LogP contribution in [0, 0.1) is 34.6 Å². The second-order valence-corrected chi connectivity index (χ2v) is 15.0. The normalized spacial score (nSPS) is 21.1. The summed E-state index contributed by atoms with van der Waals surface area (Å²) < 4.78 is 112. The third kappa shape index (κ3) is 10.1. The molecule has 0 saturated carbocycles. The largest absolute Gasteiger partial charge is 0.365 e. The van der Waals surface area contributed by atoms with Crippen molar-refractivity contribution >= 4 is 46.6 Å². The molecule has 4 atom stereocenters. The maximum atomic E-state index is 15.3. The monoisotopic (exact) mass is 906 g/mol. The number of halogens is 8. The highest BCUT2D eigenvalue weighted by Crippen LogP contribution is 2.39. The van der Waals surface area contributed by atoms with E-state index in [1.165, 1.54) is 12.1 Å². The number of anilines is 4. The number of carbonyl (C=O) groups excluding carboxylic acids is 4. The van der Waals surface area contributed by atoms with E-state index >= 15 is 8.78 Å². The molecule has 4 aromatic rings. The molecule has 0 spiro atoms. The number of nitrogens with zero attached hydrogens (tertiary/aromatic N) is 10. The van der Waals surface area contributed by atoms with Gasteiger partial charge in [-0.3, -0.25) is 28.5 Å². The molecular formula is C38H38F8N14O4. The van der Waals surface area contributed by atoms with Crippen molar-refractivity contribution in [1.29, 1.82) is 10.5 Å². The number of aromatic nitrogens is 6. The number of hydrogen-bond donors (Lipinski definition) is 4. The van der Waals surface area contributed by atoms with Crippen LogP contribution in [0.5, 0.6) is 0 Å². The number of primary amides is 2. The van der Waals surface area contributed by atoms with Gasteiger partial charge in [-0.15, -0.1) is 0 Å². The number of pyridine rings is 2. The first kappa shape index (κ1) is 47.7. The standard InChI is InChI=1S/2C19H19F4N7O2/c2*1-18(22,23)17(32)29-7-5-19(4-6-24,13(20)10-29)30-9-12(15(25)31)16(28-30)27-11-2-3-14(21)26-8-11/h2*2-3,8-9,13H,4-5,7,10H2,1H3,(H2,25,31)(H,27,28)/t2*13-,19-/m10/s1. The van der Waals surface area contributed by atoms with Gasteiger partial charge in [-0.2, -0.15) is 47.1 Å². The van der Waals surface area contributed by atoms with Gasteiger partial charge in [-0.25, -0.2) is 18.7 Å². The zero-order valence-electron chi connectivity index (χ0n) is 33.7. The zero-order valence-corrected chi connectivity index (χ0v) is 33.7. The lowest BCUT2D eigenvalue weighted by Gasteiger charge is -2.43. The van der Waals surface area contributed by atoms with Crippen LogP contribution >= 0.6 is 0 Å². The van der Waals surface area contributed by atoms with Gasteiger partial charge >= 0.3 is 11.8 Å². The summed E-state index contributed by atoms with van der Waals surface area (Å²) in [5.41, 5.74) is 7.77. The van der Waals surface area contributed by atoms with E-state index in [4.69, 9.17) is 11.5 Å². The summed E-state index contributed by atoms with van der Waals surface area (Å²) in [6.45, 7) is -1.01. The highest BCUT2D eigenvalue weighted by molar-refractivity contribution is 5.98. The molecule has 4 aromatic heterocycles. The van der Waals surface area contributed by atoms with Crippen molar-refractivity contribution in [3.05, 3.63) is 72.1 Å². The molecule has 0 bridgehead atoms. The Morgan fingerprint density at radius 3 is 1.34 bits per heavy atom. The van der Waals surface area contributed by atoms with Gasteiger partial charge in [-0.05, 0) is 37.1 Å².